The van der Waals surface area contributed by atoms with Gasteiger partial charge in [0.25, 0.3) is 0 Å². The molecule has 0 radical (unpaired) electrons. The van der Waals surface area contributed by atoms with E-state index in [1.165, 1.54) is 0 Å². The van der Waals surface area contributed by atoms with Crippen LogP contribution in [0.4, 0.5) is 4.39 Å². The molecule has 0 aromatic heterocycles. The molecule has 1 aliphatic heterocycles. The van der Waals surface area contributed by atoms with Crippen LogP contribution in [0.1, 0.15) is 26.7 Å². The van der Waals surface area contributed by atoms with E-state index >= 15 is 0 Å². The summed E-state index contributed by atoms with van der Waals surface area (Å²) in [6.07, 6.45) is 1.98. The van der Waals surface area contributed by atoms with Crippen molar-refractivity contribution in [3.05, 3.63) is 0 Å². The van der Waals surface area contributed by atoms with Crippen molar-refractivity contribution in [2.24, 2.45) is 5.92 Å². The van der Waals surface area contributed by atoms with Gasteiger partial charge >= 0.3 is 0 Å². The molecule has 0 bridgehead atoms. The maximum atomic E-state index is 12.2. The van der Waals surface area contributed by atoms with Gasteiger partial charge in [0.15, 0.2) is 0 Å². The molecule has 0 aromatic carbocycles. The van der Waals surface area contributed by atoms with Crippen molar-refractivity contribution >= 4 is 0 Å². The van der Waals surface area contributed by atoms with Crippen molar-refractivity contribution in [1.82, 2.24) is 5.32 Å². The van der Waals surface area contributed by atoms with Crippen molar-refractivity contribution in [1.29, 1.82) is 0 Å². The summed E-state index contributed by atoms with van der Waals surface area (Å²) in [5.41, 5.74) is 0.162. The highest BCUT2D eigenvalue weighted by atomic mass is 19.1. The van der Waals surface area contributed by atoms with E-state index in [9.17, 15) is 4.39 Å². The number of rotatable bonds is 1. The minimum Gasteiger partial charge on any atom is -0.312 e. The molecule has 1 N–H and O–H groups in total. The molecule has 1 rings (SSSR count). The van der Waals surface area contributed by atoms with Gasteiger partial charge in [0.1, 0.15) is 0 Å². The summed E-state index contributed by atoms with van der Waals surface area (Å²) in [6.45, 7) is 5.09. The molecule has 0 aliphatic carbocycles. The van der Waals surface area contributed by atoms with Gasteiger partial charge in [-0.1, -0.05) is 0 Å². The van der Waals surface area contributed by atoms with E-state index in [-0.39, 0.29) is 12.2 Å². The standard InChI is InChI=1S/C8H16FN/c1-8(2)5-7(6-9)3-4-10-8/h7,10H,3-6H2,1-2H3/t7-/m1/s1. The zero-order valence-electron chi connectivity index (χ0n) is 6.78. The Bertz CT molecular complexity index is 112. The van der Waals surface area contributed by atoms with E-state index in [2.05, 4.69) is 19.2 Å². The quantitative estimate of drug-likeness (QED) is 0.592. The molecule has 1 atom stereocenters. The maximum Gasteiger partial charge on any atom is 0.0923 e. The molecule has 2 heteroatoms. The van der Waals surface area contributed by atoms with Gasteiger partial charge in [-0.25, -0.2) is 0 Å². The zero-order chi connectivity index (χ0) is 7.61. The van der Waals surface area contributed by atoms with E-state index < -0.39 is 0 Å². The van der Waals surface area contributed by atoms with Crippen LogP contribution in [-0.2, 0) is 0 Å². The van der Waals surface area contributed by atoms with Crippen molar-refractivity contribution in [2.45, 2.75) is 32.2 Å². The summed E-state index contributed by atoms with van der Waals surface area (Å²) >= 11 is 0. The van der Waals surface area contributed by atoms with Gasteiger partial charge in [0.05, 0.1) is 6.67 Å². The van der Waals surface area contributed by atoms with Gasteiger partial charge in [0, 0.05) is 5.54 Å². The summed E-state index contributed by atoms with van der Waals surface area (Å²) in [4.78, 5) is 0. The fraction of sp³-hybridized carbons (Fsp3) is 1.00. The number of hydrogen-bond donors (Lipinski definition) is 1. The first kappa shape index (κ1) is 7.99. The number of nitrogens with one attached hydrogen (secondary N) is 1. The van der Waals surface area contributed by atoms with Gasteiger partial charge in [-0.05, 0) is 39.2 Å². The lowest BCUT2D eigenvalue weighted by Crippen LogP contribution is -2.46. The lowest BCUT2D eigenvalue weighted by atomic mass is 9.85. The summed E-state index contributed by atoms with van der Waals surface area (Å²) in [6, 6.07) is 0. The highest BCUT2D eigenvalue weighted by molar-refractivity contribution is 4.85. The Balaban J connectivity index is 2.40. The molecule has 1 saturated heterocycles. The van der Waals surface area contributed by atoms with Gasteiger partial charge in [-0.2, -0.15) is 0 Å². The average Bonchev–Trinajstić information content (AvgIpc) is 1.86. The van der Waals surface area contributed by atoms with Crippen LogP contribution in [0.2, 0.25) is 0 Å². The minimum absolute atomic E-state index is 0.148. The van der Waals surface area contributed by atoms with Gasteiger partial charge in [0.2, 0.25) is 0 Å². The highest BCUT2D eigenvalue weighted by Gasteiger charge is 2.26. The summed E-state index contributed by atoms with van der Waals surface area (Å²) in [5, 5.41) is 3.36. The molecule has 1 aliphatic rings. The molecule has 0 amide bonds. The Morgan fingerprint density at radius 3 is 2.70 bits per heavy atom. The Hall–Kier alpha value is -0.110. The molecule has 1 heterocycles. The normalized spacial score (nSPS) is 32.1. The monoisotopic (exact) mass is 145 g/mol. The van der Waals surface area contributed by atoms with Crippen LogP contribution in [0.3, 0.4) is 0 Å². The SMILES string of the molecule is CC1(C)C[C@H](CF)CCN1. The molecular formula is C8H16FN. The second kappa shape index (κ2) is 2.87. The lowest BCUT2D eigenvalue weighted by Gasteiger charge is -2.35. The lowest BCUT2D eigenvalue weighted by molar-refractivity contribution is 0.198. The molecule has 1 nitrogen and oxygen atoms in total. The molecule has 0 aromatic rings. The molecule has 1 fully saturated rings. The van der Waals surface area contributed by atoms with Crippen molar-refractivity contribution < 1.29 is 4.39 Å². The van der Waals surface area contributed by atoms with Gasteiger partial charge in [-0.15, -0.1) is 0 Å². The second-order valence-corrected chi connectivity index (χ2v) is 3.82. The molecular weight excluding hydrogens is 129 g/mol. The summed E-state index contributed by atoms with van der Waals surface area (Å²) < 4.78 is 12.2. The van der Waals surface area contributed by atoms with Crippen LogP contribution in [0.15, 0.2) is 0 Å². The van der Waals surface area contributed by atoms with Crippen LogP contribution in [0.25, 0.3) is 0 Å². The van der Waals surface area contributed by atoms with Crippen LogP contribution < -0.4 is 5.32 Å². The molecule has 60 valence electrons. The van der Waals surface area contributed by atoms with Gasteiger partial charge in [-0.3, -0.25) is 4.39 Å². The number of halogens is 1. The van der Waals surface area contributed by atoms with Crippen LogP contribution in [0.5, 0.6) is 0 Å². The van der Waals surface area contributed by atoms with E-state index in [1.807, 2.05) is 0 Å². The first-order valence-corrected chi connectivity index (χ1v) is 3.95. The minimum atomic E-state index is -0.148. The van der Waals surface area contributed by atoms with Crippen molar-refractivity contribution in [2.75, 3.05) is 13.2 Å². The first-order chi connectivity index (χ1) is 4.64. The Labute approximate surface area is 62.0 Å². The zero-order valence-corrected chi connectivity index (χ0v) is 6.78. The summed E-state index contributed by atoms with van der Waals surface area (Å²) in [7, 11) is 0. The number of alkyl halides is 1. The largest absolute Gasteiger partial charge is 0.312 e. The predicted molar refractivity (Wildman–Crippen MR) is 40.8 cm³/mol. The van der Waals surface area contributed by atoms with Crippen molar-refractivity contribution in [3.63, 3.8) is 0 Å². The van der Waals surface area contributed by atoms with Crippen LogP contribution in [-0.4, -0.2) is 18.8 Å². The summed E-state index contributed by atoms with van der Waals surface area (Å²) in [5.74, 6) is 0.302. The van der Waals surface area contributed by atoms with E-state index in [4.69, 9.17) is 0 Å². The fourth-order valence-electron chi connectivity index (χ4n) is 1.64. The predicted octanol–water partition coefficient (Wildman–Crippen LogP) is 1.73. The molecule has 10 heavy (non-hydrogen) atoms. The average molecular weight is 145 g/mol. The highest BCUT2D eigenvalue weighted by Crippen LogP contribution is 2.23. The number of piperidine rings is 1. The maximum absolute atomic E-state index is 12.2. The third-order valence-corrected chi connectivity index (χ3v) is 2.17. The van der Waals surface area contributed by atoms with Crippen LogP contribution >= 0.6 is 0 Å². The third-order valence-electron chi connectivity index (χ3n) is 2.17. The molecule has 0 saturated carbocycles. The van der Waals surface area contributed by atoms with Crippen LogP contribution in [0, 0.1) is 5.92 Å². The Morgan fingerprint density at radius 2 is 2.30 bits per heavy atom. The van der Waals surface area contributed by atoms with E-state index in [0.29, 0.717) is 5.92 Å². The first-order valence-electron chi connectivity index (χ1n) is 3.95. The Kier molecular flexibility index (Phi) is 2.29. The molecule has 0 unspecified atom stereocenters. The Morgan fingerprint density at radius 1 is 1.60 bits per heavy atom. The fourth-order valence-corrected chi connectivity index (χ4v) is 1.64. The smallest absolute Gasteiger partial charge is 0.0923 e. The molecule has 0 spiro atoms. The van der Waals surface area contributed by atoms with E-state index in [0.717, 1.165) is 19.4 Å². The third kappa shape index (κ3) is 1.94. The van der Waals surface area contributed by atoms with Crippen molar-refractivity contribution in [3.8, 4) is 0 Å². The topological polar surface area (TPSA) is 12.0 Å². The number of hydrogen-bond acceptors (Lipinski definition) is 1. The van der Waals surface area contributed by atoms with Gasteiger partial charge < -0.3 is 5.32 Å². The van der Waals surface area contributed by atoms with E-state index in [1.54, 1.807) is 0 Å². The second-order valence-electron chi connectivity index (χ2n) is 3.82.